The van der Waals surface area contributed by atoms with E-state index in [2.05, 4.69) is 44.9 Å². The summed E-state index contributed by atoms with van der Waals surface area (Å²) in [6.45, 7) is 10.9. The maximum atomic E-state index is 6.21. The van der Waals surface area contributed by atoms with E-state index in [-0.39, 0.29) is 11.2 Å². The van der Waals surface area contributed by atoms with Crippen molar-refractivity contribution in [3.63, 3.8) is 0 Å². The normalized spacial score (nSPS) is 27.3. The molecule has 0 aliphatic carbocycles. The zero-order valence-electron chi connectivity index (χ0n) is 12.2. The molecule has 1 aromatic heterocycles. The van der Waals surface area contributed by atoms with Crippen LogP contribution < -0.4 is 5.32 Å². The first-order chi connectivity index (χ1) is 8.27. The van der Waals surface area contributed by atoms with Crippen molar-refractivity contribution < 1.29 is 4.74 Å². The average molecular weight is 268 g/mol. The van der Waals surface area contributed by atoms with Gasteiger partial charge in [-0.2, -0.15) is 0 Å². The van der Waals surface area contributed by atoms with Crippen LogP contribution in [0, 0.1) is 12.8 Å². The van der Waals surface area contributed by atoms with Gasteiger partial charge in [-0.15, -0.1) is 11.3 Å². The van der Waals surface area contributed by atoms with Gasteiger partial charge < -0.3 is 10.1 Å². The first kappa shape index (κ1) is 14.0. The predicted molar refractivity (Wildman–Crippen MR) is 76.0 cm³/mol. The molecule has 2 rings (SSSR count). The zero-order chi connectivity index (χ0) is 13.6. The van der Waals surface area contributed by atoms with E-state index in [4.69, 9.17) is 4.74 Å². The van der Waals surface area contributed by atoms with Gasteiger partial charge in [0, 0.05) is 16.8 Å². The number of thiazole rings is 1. The highest BCUT2D eigenvalue weighted by Gasteiger charge is 2.49. The fourth-order valence-corrected chi connectivity index (χ4v) is 4.22. The van der Waals surface area contributed by atoms with Gasteiger partial charge in [0.05, 0.1) is 22.4 Å². The zero-order valence-corrected chi connectivity index (χ0v) is 13.0. The van der Waals surface area contributed by atoms with Crippen LogP contribution in [0.1, 0.15) is 50.7 Å². The maximum absolute atomic E-state index is 6.21. The Labute approximate surface area is 114 Å². The predicted octanol–water partition coefficient (Wildman–Crippen LogP) is 3.31. The van der Waals surface area contributed by atoms with E-state index in [0.29, 0.717) is 12.0 Å². The molecule has 18 heavy (non-hydrogen) atoms. The molecule has 2 unspecified atom stereocenters. The summed E-state index contributed by atoms with van der Waals surface area (Å²) in [6, 6.07) is 0.328. The van der Waals surface area contributed by atoms with Crippen LogP contribution >= 0.6 is 11.3 Å². The average Bonchev–Trinajstić information content (AvgIpc) is 2.71. The molecule has 0 amide bonds. The number of nitrogens with zero attached hydrogens (tertiary/aromatic N) is 1. The molecule has 2 heterocycles. The number of hydrogen-bond donors (Lipinski definition) is 1. The summed E-state index contributed by atoms with van der Waals surface area (Å²) >= 11 is 1.74. The SMILES string of the molecule is CNC(c1scnc1C)C1CC(C)(C)OC1(C)C. The molecule has 0 aromatic carbocycles. The molecule has 0 bridgehead atoms. The molecule has 0 spiro atoms. The summed E-state index contributed by atoms with van der Waals surface area (Å²) in [6.07, 6.45) is 1.07. The van der Waals surface area contributed by atoms with E-state index in [0.717, 1.165) is 12.1 Å². The van der Waals surface area contributed by atoms with Crippen LogP contribution in [-0.4, -0.2) is 23.2 Å². The molecule has 1 N–H and O–H groups in total. The van der Waals surface area contributed by atoms with Crippen molar-refractivity contribution in [1.29, 1.82) is 0 Å². The molecule has 2 atom stereocenters. The third kappa shape index (κ3) is 2.46. The van der Waals surface area contributed by atoms with Crippen molar-refractivity contribution in [1.82, 2.24) is 10.3 Å². The summed E-state index contributed by atoms with van der Waals surface area (Å²) in [5.74, 6) is 0.469. The van der Waals surface area contributed by atoms with Crippen molar-refractivity contribution >= 4 is 11.3 Å². The molecule has 0 saturated carbocycles. The Bertz CT molecular complexity index is 425. The van der Waals surface area contributed by atoms with Crippen LogP contribution in [0.4, 0.5) is 0 Å². The van der Waals surface area contributed by atoms with Crippen LogP contribution in [0.2, 0.25) is 0 Å². The van der Waals surface area contributed by atoms with E-state index in [1.807, 2.05) is 12.6 Å². The van der Waals surface area contributed by atoms with E-state index < -0.39 is 0 Å². The quantitative estimate of drug-likeness (QED) is 0.913. The van der Waals surface area contributed by atoms with Crippen LogP contribution in [0.5, 0.6) is 0 Å². The van der Waals surface area contributed by atoms with Gasteiger partial charge in [0.25, 0.3) is 0 Å². The molecular formula is C14H24N2OS. The van der Waals surface area contributed by atoms with E-state index in [9.17, 15) is 0 Å². The second-order valence-corrected chi connectivity index (χ2v) is 7.23. The highest BCUT2D eigenvalue weighted by Crippen LogP contribution is 2.48. The van der Waals surface area contributed by atoms with Crippen molar-refractivity contribution in [2.24, 2.45) is 5.92 Å². The Hall–Kier alpha value is -0.450. The second-order valence-electron chi connectivity index (χ2n) is 6.34. The maximum Gasteiger partial charge on any atom is 0.0798 e. The third-order valence-corrected chi connectivity index (χ3v) is 4.94. The first-order valence-corrected chi connectivity index (χ1v) is 7.42. The fourth-order valence-electron chi connectivity index (χ4n) is 3.25. The largest absolute Gasteiger partial charge is 0.369 e. The summed E-state index contributed by atoms with van der Waals surface area (Å²) < 4.78 is 6.21. The molecule has 1 aliphatic rings. The molecule has 4 heteroatoms. The van der Waals surface area contributed by atoms with Crippen LogP contribution in [0.3, 0.4) is 0 Å². The summed E-state index contributed by atoms with van der Waals surface area (Å²) in [4.78, 5) is 5.72. The first-order valence-electron chi connectivity index (χ1n) is 6.54. The summed E-state index contributed by atoms with van der Waals surface area (Å²) in [7, 11) is 2.03. The van der Waals surface area contributed by atoms with Gasteiger partial charge in [-0.3, -0.25) is 0 Å². The van der Waals surface area contributed by atoms with Crippen molar-refractivity contribution in [3.8, 4) is 0 Å². The van der Waals surface area contributed by atoms with E-state index >= 15 is 0 Å². The van der Waals surface area contributed by atoms with Gasteiger partial charge in [-0.25, -0.2) is 4.98 Å². The monoisotopic (exact) mass is 268 g/mol. The lowest BCUT2D eigenvalue weighted by Gasteiger charge is -2.32. The third-order valence-electron chi connectivity index (χ3n) is 3.92. The fraction of sp³-hybridized carbons (Fsp3) is 0.786. The number of nitrogens with one attached hydrogen (secondary N) is 1. The Morgan fingerprint density at radius 3 is 2.50 bits per heavy atom. The van der Waals surface area contributed by atoms with Crippen molar-refractivity contribution in [3.05, 3.63) is 16.1 Å². The highest BCUT2D eigenvalue weighted by atomic mass is 32.1. The lowest BCUT2D eigenvalue weighted by Crippen LogP contribution is -2.37. The van der Waals surface area contributed by atoms with Gasteiger partial charge in [0.1, 0.15) is 0 Å². The van der Waals surface area contributed by atoms with Crippen LogP contribution in [0.25, 0.3) is 0 Å². The number of aryl methyl sites for hydroxylation is 1. The van der Waals surface area contributed by atoms with Crippen molar-refractivity contribution in [2.75, 3.05) is 7.05 Å². The molecule has 0 radical (unpaired) electrons. The Morgan fingerprint density at radius 1 is 1.44 bits per heavy atom. The van der Waals surface area contributed by atoms with Gasteiger partial charge in [0.15, 0.2) is 0 Å². The standard InChI is InChI=1S/C14H24N2OS/c1-9-12(18-8-16-9)11(15-6)10-7-13(2,3)17-14(10,4)5/h8,10-11,15H,7H2,1-6H3. The molecule has 1 saturated heterocycles. The Kier molecular flexibility index (Phi) is 3.56. The van der Waals surface area contributed by atoms with Crippen molar-refractivity contribution in [2.45, 2.75) is 58.3 Å². The number of ether oxygens (including phenoxy) is 1. The smallest absolute Gasteiger partial charge is 0.0798 e. The summed E-state index contributed by atoms with van der Waals surface area (Å²) in [5, 5.41) is 3.47. The number of aromatic nitrogens is 1. The lowest BCUT2D eigenvalue weighted by molar-refractivity contribution is -0.0775. The minimum atomic E-state index is -0.104. The van der Waals surface area contributed by atoms with Crippen LogP contribution in [-0.2, 0) is 4.74 Å². The second kappa shape index (κ2) is 4.58. The van der Waals surface area contributed by atoms with Gasteiger partial charge >= 0.3 is 0 Å². The topological polar surface area (TPSA) is 34.2 Å². The van der Waals surface area contributed by atoms with Gasteiger partial charge in [0.2, 0.25) is 0 Å². The van der Waals surface area contributed by atoms with Gasteiger partial charge in [-0.05, 0) is 48.1 Å². The van der Waals surface area contributed by atoms with E-state index in [1.165, 1.54) is 4.88 Å². The molecule has 1 fully saturated rings. The van der Waals surface area contributed by atoms with E-state index in [1.54, 1.807) is 11.3 Å². The molecule has 1 aliphatic heterocycles. The van der Waals surface area contributed by atoms with Crippen LogP contribution in [0.15, 0.2) is 5.51 Å². The Balaban J connectivity index is 2.32. The summed E-state index contributed by atoms with van der Waals surface area (Å²) in [5.41, 5.74) is 2.93. The highest BCUT2D eigenvalue weighted by molar-refractivity contribution is 7.09. The minimum Gasteiger partial charge on any atom is -0.369 e. The molecule has 102 valence electrons. The number of hydrogen-bond acceptors (Lipinski definition) is 4. The molecule has 3 nitrogen and oxygen atoms in total. The molecule has 1 aromatic rings. The minimum absolute atomic E-state index is 0.0398. The lowest BCUT2D eigenvalue weighted by atomic mass is 9.81. The Morgan fingerprint density at radius 2 is 2.11 bits per heavy atom. The number of rotatable bonds is 3. The van der Waals surface area contributed by atoms with Gasteiger partial charge in [-0.1, -0.05) is 0 Å². The molecular weight excluding hydrogens is 244 g/mol.